The average Bonchev–Trinajstić information content (AvgIpc) is 2.77. The zero-order chi connectivity index (χ0) is 20.1. The molecule has 2 aliphatic heterocycles. The molecule has 2 heterocycles. The molecule has 0 unspecified atom stereocenters. The second kappa shape index (κ2) is 9.41. The van der Waals surface area contributed by atoms with Crippen molar-refractivity contribution < 1.29 is 9.53 Å². The van der Waals surface area contributed by atoms with Crippen molar-refractivity contribution in [1.82, 2.24) is 10.2 Å². The summed E-state index contributed by atoms with van der Waals surface area (Å²) in [5.74, 6) is 0.171. The van der Waals surface area contributed by atoms with Crippen LogP contribution >= 0.6 is 15.9 Å². The van der Waals surface area contributed by atoms with Crippen molar-refractivity contribution in [3.63, 3.8) is 0 Å². The van der Waals surface area contributed by atoms with Crippen molar-refractivity contribution in [3.05, 3.63) is 70.2 Å². The molecule has 154 valence electrons. The molecule has 29 heavy (non-hydrogen) atoms. The van der Waals surface area contributed by atoms with Crippen molar-refractivity contribution in [2.45, 2.75) is 43.7 Å². The number of ether oxygens (including phenoxy) is 1. The van der Waals surface area contributed by atoms with Crippen molar-refractivity contribution in [2.24, 2.45) is 0 Å². The molecule has 2 aromatic rings. The molecule has 0 aliphatic carbocycles. The SMILES string of the molecule is O=C(NC1CCN(Cc2ccccc2)CC1)C1(c2ccc(Br)cc2)CCOCC1. The van der Waals surface area contributed by atoms with Crippen molar-refractivity contribution in [3.8, 4) is 0 Å². The fourth-order valence-corrected chi connectivity index (χ4v) is 4.80. The fraction of sp³-hybridized carbons (Fsp3) is 0.458. The number of rotatable bonds is 5. The topological polar surface area (TPSA) is 41.6 Å². The van der Waals surface area contributed by atoms with Crippen molar-refractivity contribution >= 4 is 21.8 Å². The highest BCUT2D eigenvalue weighted by Gasteiger charge is 2.42. The predicted molar refractivity (Wildman–Crippen MR) is 119 cm³/mol. The number of halogens is 1. The molecule has 0 atom stereocenters. The Balaban J connectivity index is 1.38. The van der Waals surface area contributed by atoms with Crippen LogP contribution in [0.15, 0.2) is 59.1 Å². The first-order chi connectivity index (χ1) is 14.2. The molecule has 0 radical (unpaired) electrons. The minimum atomic E-state index is -0.472. The Hall–Kier alpha value is -1.69. The maximum Gasteiger partial charge on any atom is 0.231 e. The normalized spacial score (nSPS) is 20.3. The van der Waals surface area contributed by atoms with Crippen LogP contribution in [0.25, 0.3) is 0 Å². The second-order valence-corrected chi connectivity index (χ2v) is 9.13. The van der Waals surface area contributed by atoms with Crippen LogP contribution in [0.5, 0.6) is 0 Å². The zero-order valence-corrected chi connectivity index (χ0v) is 18.4. The Kier molecular flexibility index (Phi) is 6.68. The maximum atomic E-state index is 13.5. The summed E-state index contributed by atoms with van der Waals surface area (Å²) in [4.78, 5) is 15.9. The van der Waals surface area contributed by atoms with Gasteiger partial charge in [-0.1, -0.05) is 58.4 Å². The summed E-state index contributed by atoms with van der Waals surface area (Å²) < 4.78 is 6.62. The van der Waals surface area contributed by atoms with Gasteiger partial charge < -0.3 is 10.1 Å². The molecule has 0 bridgehead atoms. The van der Waals surface area contributed by atoms with Gasteiger partial charge in [-0.05, 0) is 48.9 Å². The quantitative estimate of drug-likeness (QED) is 0.729. The van der Waals surface area contributed by atoms with Crippen LogP contribution in [-0.4, -0.2) is 43.2 Å². The van der Waals surface area contributed by atoms with Gasteiger partial charge in [-0.3, -0.25) is 9.69 Å². The molecule has 1 amide bonds. The summed E-state index contributed by atoms with van der Waals surface area (Å²) in [6.45, 7) is 4.31. The van der Waals surface area contributed by atoms with E-state index in [1.807, 2.05) is 12.1 Å². The van der Waals surface area contributed by atoms with Crippen LogP contribution < -0.4 is 5.32 Å². The lowest BCUT2D eigenvalue weighted by molar-refractivity contribution is -0.131. The van der Waals surface area contributed by atoms with Crippen LogP contribution in [0, 0.1) is 0 Å². The minimum absolute atomic E-state index is 0.171. The van der Waals surface area contributed by atoms with Gasteiger partial charge in [0.15, 0.2) is 0 Å². The zero-order valence-electron chi connectivity index (χ0n) is 16.8. The highest BCUT2D eigenvalue weighted by molar-refractivity contribution is 9.10. The first-order valence-electron chi connectivity index (χ1n) is 10.6. The standard InChI is InChI=1S/C24H29BrN2O2/c25-21-8-6-20(7-9-21)24(12-16-29-17-13-24)23(28)26-22-10-14-27(15-11-22)18-19-4-2-1-3-5-19/h1-9,22H,10-18H2,(H,26,28). The van der Waals surface area contributed by atoms with Gasteiger partial charge >= 0.3 is 0 Å². The molecule has 1 N–H and O–H groups in total. The van der Waals surface area contributed by atoms with Crippen molar-refractivity contribution in [1.29, 1.82) is 0 Å². The van der Waals surface area contributed by atoms with E-state index in [9.17, 15) is 4.79 Å². The number of carbonyl (C=O) groups excluding carboxylic acids is 1. The molecule has 2 aromatic carbocycles. The number of benzene rings is 2. The van der Waals surface area contributed by atoms with Crippen LogP contribution in [0.2, 0.25) is 0 Å². The Bertz CT molecular complexity index is 795. The number of nitrogens with one attached hydrogen (secondary N) is 1. The number of carbonyl (C=O) groups is 1. The molecule has 2 aliphatic rings. The third-order valence-corrected chi connectivity index (χ3v) is 6.88. The van der Waals surface area contributed by atoms with Crippen LogP contribution in [0.1, 0.15) is 36.8 Å². The Morgan fingerprint density at radius 3 is 2.34 bits per heavy atom. The molecule has 5 heteroatoms. The number of hydrogen-bond acceptors (Lipinski definition) is 3. The molecular weight excluding hydrogens is 428 g/mol. The smallest absolute Gasteiger partial charge is 0.231 e. The number of likely N-dealkylation sites (tertiary alicyclic amines) is 1. The van der Waals surface area contributed by atoms with Gasteiger partial charge in [-0.15, -0.1) is 0 Å². The number of piperidine rings is 1. The molecule has 0 spiro atoms. The third-order valence-electron chi connectivity index (χ3n) is 6.35. The Labute approximate surface area is 181 Å². The first-order valence-corrected chi connectivity index (χ1v) is 11.4. The Morgan fingerprint density at radius 2 is 1.69 bits per heavy atom. The van der Waals surface area contributed by atoms with Crippen LogP contribution in [0.4, 0.5) is 0 Å². The number of hydrogen-bond donors (Lipinski definition) is 1. The largest absolute Gasteiger partial charge is 0.381 e. The van der Waals surface area contributed by atoms with E-state index >= 15 is 0 Å². The van der Waals surface area contributed by atoms with Gasteiger partial charge in [-0.2, -0.15) is 0 Å². The van der Waals surface area contributed by atoms with Crippen LogP contribution in [0.3, 0.4) is 0 Å². The van der Waals surface area contributed by atoms with Gasteiger partial charge in [0.2, 0.25) is 5.91 Å². The number of nitrogens with zero attached hydrogens (tertiary/aromatic N) is 1. The van der Waals surface area contributed by atoms with E-state index < -0.39 is 5.41 Å². The van der Waals surface area contributed by atoms with E-state index in [1.165, 1.54) is 5.56 Å². The van der Waals surface area contributed by atoms with E-state index in [4.69, 9.17) is 4.74 Å². The molecule has 0 saturated carbocycles. The summed E-state index contributed by atoms with van der Waals surface area (Å²) in [5.41, 5.74) is 1.98. The van der Waals surface area contributed by atoms with Gasteiger partial charge in [0.05, 0.1) is 5.41 Å². The lowest BCUT2D eigenvalue weighted by Crippen LogP contribution is -2.53. The molecule has 4 rings (SSSR count). The summed E-state index contributed by atoms with van der Waals surface area (Å²) >= 11 is 3.50. The lowest BCUT2D eigenvalue weighted by atomic mass is 9.73. The average molecular weight is 457 g/mol. The van der Waals surface area contributed by atoms with E-state index in [1.54, 1.807) is 0 Å². The maximum absolute atomic E-state index is 13.5. The van der Waals surface area contributed by atoms with Gasteiger partial charge in [0.25, 0.3) is 0 Å². The van der Waals surface area contributed by atoms with Crippen LogP contribution in [-0.2, 0) is 21.5 Å². The number of amides is 1. The fourth-order valence-electron chi connectivity index (χ4n) is 4.54. The molecule has 4 nitrogen and oxygen atoms in total. The monoisotopic (exact) mass is 456 g/mol. The summed E-state index contributed by atoms with van der Waals surface area (Å²) in [6, 6.07) is 19.1. The Morgan fingerprint density at radius 1 is 1.03 bits per heavy atom. The molecule has 2 fully saturated rings. The molecule has 0 aromatic heterocycles. The highest BCUT2D eigenvalue weighted by Crippen LogP contribution is 2.36. The van der Waals surface area contributed by atoms with E-state index in [2.05, 4.69) is 68.6 Å². The van der Waals surface area contributed by atoms with E-state index in [-0.39, 0.29) is 11.9 Å². The lowest BCUT2D eigenvalue weighted by Gasteiger charge is -2.39. The minimum Gasteiger partial charge on any atom is -0.381 e. The summed E-state index contributed by atoms with van der Waals surface area (Å²) in [7, 11) is 0. The molecule has 2 saturated heterocycles. The van der Waals surface area contributed by atoms with E-state index in [0.717, 1.165) is 55.4 Å². The van der Waals surface area contributed by atoms with Gasteiger partial charge in [-0.25, -0.2) is 0 Å². The van der Waals surface area contributed by atoms with Gasteiger partial charge in [0.1, 0.15) is 0 Å². The third kappa shape index (κ3) is 4.90. The van der Waals surface area contributed by atoms with Crippen molar-refractivity contribution in [2.75, 3.05) is 26.3 Å². The first kappa shape index (κ1) is 20.6. The van der Waals surface area contributed by atoms with E-state index in [0.29, 0.717) is 13.2 Å². The summed E-state index contributed by atoms with van der Waals surface area (Å²) in [5, 5.41) is 3.39. The second-order valence-electron chi connectivity index (χ2n) is 8.21. The molecular formula is C24H29BrN2O2. The predicted octanol–water partition coefficient (Wildman–Crippen LogP) is 4.28. The van der Waals surface area contributed by atoms with Gasteiger partial charge in [0, 0.05) is 43.4 Å². The highest BCUT2D eigenvalue weighted by atomic mass is 79.9. The summed E-state index contributed by atoms with van der Waals surface area (Å²) in [6.07, 6.45) is 3.50.